The van der Waals surface area contributed by atoms with Crippen molar-refractivity contribution in [1.82, 2.24) is 10.6 Å². The molecule has 0 heterocycles. The summed E-state index contributed by atoms with van der Waals surface area (Å²) in [6.45, 7) is 1.47. The van der Waals surface area contributed by atoms with E-state index in [-0.39, 0.29) is 0 Å². The van der Waals surface area contributed by atoms with Crippen LogP contribution in [0.3, 0.4) is 0 Å². The molecule has 0 aliphatic heterocycles. The molecule has 0 amide bonds. The molecule has 2 unspecified atom stereocenters. The second kappa shape index (κ2) is 9.64. The van der Waals surface area contributed by atoms with Gasteiger partial charge in [0.1, 0.15) is 0 Å². The summed E-state index contributed by atoms with van der Waals surface area (Å²) < 4.78 is 0. The van der Waals surface area contributed by atoms with Crippen LogP contribution in [-0.4, -0.2) is 12.1 Å². The Morgan fingerprint density at radius 3 is 1.50 bits per heavy atom. The summed E-state index contributed by atoms with van der Waals surface area (Å²) in [5.74, 6) is 0. The smallest absolute Gasteiger partial charge is 0.0465 e. The Morgan fingerprint density at radius 2 is 1.12 bits per heavy atom. The van der Waals surface area contributed by atoms with Crippen LogP contribution < -0.4 is 10.6 Å². The van der Waals surface area contributed by atoms with Gasteiger partial charge in [-0.3, -0.25) is 0 Å². The number of nitrogens with one attached hydrogen (secondary N) is 2. The molecule has 2 nitrogen and oxygen atoms in total. The van der Waals surface area contributed by atoms with Gasteiger partial charge in [0.2, 0.25) is 0 Å². The minimum Gasteiger partial charge on any atom is -0.308 e. The SMILES string of the molecule is Clc1ccc(CNC2CCCCC2NCc2ccc(Cl)cc2Cl)c(Cl)c1. The van der Waals surface area contributed by atoms with Crippen molar-refractivity contribution in [3.05, 3.63) is 67.6 Å². The molecule has 6 heteroatoms. The van der Waals surface area contributed by atoms with E-state index in [0.29, 0.717) is 32.2 Å². The first-order valence-electron chi connectivity index (χ1n) is 8.87. The van der Waals surface area contributed by atoms with Crippen LogP contribution in [0.4, 0.5) is 0 Å². The van der Waals surface area contributed by atoms with E-state index in [0.717, 1.165) is 37.1 Å². The highest BCUT2D eigenvalue weighted by Crippen LogP contribution is 2.25. The first-order valence-corrected chi connectivity index (χ1v) is 10.4. The van der Waals surface area contributed by atoms with E-state index in [9.17, 15) is 0 Å². The van der Waals surface area contributed by atoms with Gasteiger partial charge < -0.3 is 10.6 Å². The highest BCUT2D eigenvalue weighted by atomic mass is 35.5. The molecule has 0 spiro atoms. The van der Waals surface area contributed by atoms with E-state index in [1.54, 1.807) is 12.1 Å². The van der Waals surface area contributed by atoms with Crippen LogP contribution >= 0.6 is 46.4 Å². The molecule has 0 bridgehead atoms. The van der Waals surface area contributed by atoms with Gasteiger partial charge in [-0.25, -0.2) is 0 Å². The van der Waals surface area contributed by atoms with Gasteiger partial charge in [0.05, 0.1) is 0 Å². The van der Waals surface area contributed by atoms with Crippen LogP contribution in [0.5, 0.6) is 0 Å². The van der Waals surface area contributed by atoms with Crippen LogP contribution in [-0.2, 0) is 13.1 Å². The quantitative estimate of drug-likeness (QED) is 0.545. The molecule has 0 aromatic heterocycles. The Kier molecular flexibility index (Phi) is 7.51. The first-order chi connectivity index (χ1) is 12.5. The van der Waals surface area contributed by atoms with Gasteiger partial charge in [-0.2, -0.15) is 0 Å². The zero-order valence-electron chi connectivity index (χ0n) is 14.4. The van der Waals surface area contributed by atoms with Crippen molar-refractivity contribution in [3.8, 4) is 0 Å². The molecule has 0 saturated heterocycles. The number of rotatable bonds is 6. The second-order valence-electron chi connectivity index (χ2n) is 6.73. The third kappa shape index (κ3) is 5.51. The van der Waals surface area contributed by atoms with Gasteiger partial charge in [0.25, 0.3) is 0 Å². The highest BCUT2D eigenvalue weighted by Gasteiger charge is 2.24. The van der Waals surface area contributed by atoms with Crippen molar-refractivity contribution in [1.29, 1.82) is 0 Å². The van der Waals surface area contributed by atoms with Crippen molar-refractivity contribution >= 4 is 46.4 Å². The molecule has 1 aliphatic rings. The third-order valence-electron chi connectivity index (χ3n) is 4.91. The molecular formula is C20H22Cl4N2. The number of hydrogen-bond donors (Lipinski definition) is 2. The van der Waals surface area contributed by atoms with E-state index in [4.69, 9.17) is 46.4 Å². The van der Waals surface area contributed by atoms with Crippen molar-refractivity contribution in [3.63, 3.8) is 0 Å². The lowest BCUT2D eigenvalue weighted by Gasteiger charge is -2.33. The fourth-order valence-electron chi connectivity index (χ4n) is 3.43. The Bertz CT molecular complexity index is 687. The van der Waals surface area contributed by atoms with E-state index < -0.39 is 0 Å². The summed E-state index contributed by atoms with van der Waals surface area (Å²) in [7, 11) is 0. The lowest BCUT2D eigenvalue weighted by Crippen LogP contribution is -2.49. The van der Waals surface area contributed by atoms with Crippen LogP contribution in [0.2, 0.25) is 20.1 Å². The number of halogens is 4. The molecule has 2 aromatic carbocycles. The molecule has 3 rings (SSSR count). The van der Waals surface area contributed by atoms with Gasteiger partial charge in [-0.15, -0.1) is 0 Å². The average molecular weight is 432 g/mol. The Hall–Kier alpha value is -0.480. The minimum atomic E-state index is 0.404. The summed E-state index contributed by atoms with van der Waals surface area (Å²) >= 11 is 24.5. The van der Waals surface area contributed by atoms with Gasteiger partial charge in [0.15, 0.2) is 0 Å². The van der Waals surface area contributed by atoms with Crippen molar-refractivity contribution in [2.45, 2.75) is 50.9 Å². The predicted molar refractivity (Wildman–Crippen MR) is 113 cm³/mol. The topological polar surface area (TPSA) is 24.1 Å². The molecular weight excluding hydrogens is 410 g/mol. The minimum absolute atomic E-state index is 0.404. The number of benzene rings is 2. The van der Waals surface area contributed by atoms with Gasteiger partial charge in [-0.05, 0) is 48.2 Å². The van der Waals surface area contributed by atoms with E-state index >= 15 is 0 Å². The van der Waals surface area contributed by atoms with Gasteiger partial charge >= 0.3 is 0 Å². The zero-order chi connectivity index (χ0) is 18.5. The van der Waals surface area contributed by atoms with Crippen LogP contribution in [0.1, 0.15) is 36.8 Å². The molecule has 26 heavy (non-hydrogen) atoms. The summed E-state index contributed by atoms with van der Waals surface area (Å²) in [5.41, 5.74) is 2.14. The van der Waals surface area contributed by atoms with E-state index in [1.807, 2.05) is 24.3 Å². The molecule has 0 radical (unpaired) electrons. The maximum atomic E-state index is 6.29. The summed E-state index contributed by atoms with van der Waals surface area (Å²) in [5, 5.41) is 10.1. The zero-order valence-corrected chi connectivity index (χ0v) is 17.4. The molecule has 140 valence electrons. The first kappa shape index (κ1) is 20.3. The predicted octanol–water partition coefficient (Wildman–Crippen LogP) is 6.49. The normalized spacial score (nSPS) is 20.3. The lowest BCUT2D eigenvalue weighted by molar-refractivity contribution is 0.281. The van der Waals surface area contributed by atoms with Gasteiger partial charge in [0, 0.05) is 45.3 Å². The highest BCUT2D eigenvalue weighted by molar-refractivity contribution is 6.35. The van der Waals surface area contributed by atoms with Crippen LogP contribution in [0.15, 0.2) is 36.4 Å². The maximum absolute atomic E-state index is 6.29. The van der Waals surface area contributed by atoms with Crippen LogP contribution in [0.25, 0.3) is 0 Å². The van der Waals surface area contributed by atoms with Gasteiger partial charge in [-0.1, -0.05) is 71.4 Å². The van der Waals surface area contributed by atoms with Crippen molar-refractivity contribution in [2.24, 2.45) is 0 Å². The fourth-order valence-corrected chi connectivity index (χ4v) is 4.38. The Labute approximate surface area is 175 Å². The van der Waals surface area contributed by atoms with Crippen molar-refractivity contribution in [2.75, 3.05) is 0 Å². The summed E-state index contributed by atoms with van der Waals surface area (Å²) in [6.07, 6.45) is 4.78. The number of hydrogen-bond acceptors (Lipinski definition) is 2. The molecule has 2 N–H and O–H groups in total. The molecule has 2 atom stereocenters. The fraction of sp³-hybridized carbons (Fsp3) is 0.400. The molecule has 1 aliphatic carbocycles. The molecule has 1 fully saturated rings. The van der Waals surface area contributed by atoms with E-state index in [2.05, 4.69) is 10.6 Å². The van der Waals surface area contributed by atoms with Crippen molar-refractivity contribution < 1.29 is 0 Å². The lowest BCUT2D eigenvalue weighted by atomic mass is 9.90. The maximum Gasteiger partial charge on any atom is 0.0465 e. The molecule has 2 aromatic rings. The standard InChI is InChI=1S/C20H22Cl4N2/c21-15-7-5-13(17(23)9-15)11-25-19-3-1-2-4-20(19)26-12-14-6-8-16(22)10-18(14)24/h5-10,19-20,25-26H,1-4,11-12H2. The second-order valence-corrected chi connectivity index (χ2v) is 8.42. The molecule has 1 saturated carbocycles. The monoisotopic (exact) mass is 430 g/mol. The summed E-state index contributed by atoms with van der Waals surface area (Å²) in [6, 6.07) is 12.1. The average Bonchev–Trinajstić information content (AvgIpc) is 2.61. The third-order valence-corrected chi connectivity index (χ3v) is 6.08. The summed E-state index contributed by atoms with van der Waals surface area (Å²) in [4.78, 5) is 0. The van der Waals surface area contributed by atoms with Crippen LogP contribution in [0, 0.1) is 0 Å². The largest absolute Gasteiger partial charge is 0.308 e. The Morgan fingerprint density at radius 1 is 0.692 bits per heavy atom. The van der Waals surface area contributed by atoms with E-state index in [1.165, 1.54) is 12.8 Å². The Balaban J connectivity index is 1.58.